The molecule has 5 nitrogen and oxygen atoms in total. The van der Waals surface area contributed by atoms with Crippen molar-refractivity contribution >= 4 is 28.1 Å². The predicted octanol–water partition coefficient (Wildman–Crippen LogP) is 3.61. The number of halogens is 1. The Hall–Kier alpha value is -2.34. The summed E-state index contributed by atoms with van der Waals surface area (Å²) in [7, 11) is 0. The maximum absolute atomic E-state index is 11.8. The summed E-state index contributed by atoms with van der Waals surface area (Å²) in [5.41, 5.74) is 5.72. The Labute approximate surface area is 149 Å². The first-order valence-electron chi connectivity index (χ1n) is 7.38. The van der Waals surface area contributed by atoms with Crippen molar-refractivity contribution in [2.24, 2.45) is 5.10 Å². The molecule has 0 saturated heterocycles. The molecule has 24 heavy (non-hydrogen) atoms. The second-order valence-electron chi connectivity index (χ2n) is 5.44. The zero-order chi connectivity index (χ0) is 17.7. The van der Waals surface area contributed by atoms with Crippen LogP contribution in [-0.2, 0) is 4.79 Å². The summed E-state index contributed by atoms with van der Waals surface area (Å²) >= 11 is 3.35. The zero-order valence-electron chi connectivity index (χ0n) is 13.8. The highest BCUT2D eigenvalue weighted by Gasteiger charge is 2.06. The van der Waals surface area contributed by atoms with Gasteiger partial charge in [-0.25, -0.2) is 5.43 Å². The van der Waals surface area contributed by atoms with Gasteiger partial charge in [0.1, 0.15) is 11.5 Å². The Morgan fingerprint density at radius 2 is 2.04 bits per heavy atom. The van der Waals surface area contributed by atoms with Gasteiger partial charge in [-0.15, -0.1) is 0 Å². The van der Waals surface area contributed by atoms with Crippen molar-refractivity contribution in [2.45, 2.75) is 20.8 Å². The number of carbonyl (C=O) groups excluding carboxylic acids is 1. The Morgan fingerprint density at radius 1 is 1.29 bits per heavy atom. The maximum Gasteiger partial charge on any atom is 0.277 e. The van der Waals surface area contributed by atoms with E-state index in [-0.39, 0.29) is 18.3 Å². The van der Waals surface area contributed by atoms with E-state index >= 15 is 0 Å². The van der Waals surface area contributed by atoms with Crippen LogP contribution in [-0.4, -0.2) is 23.8 Å². The molecule has 0 aromatic heterocycles. The number of rotatable bonds is 5. The fourth-order valence-electron chi connectivity index (χ4n) is 2.09. The largest absolute Gasteiger partial charge is 0.507 e. The minimum absolute atomic E-state index is 0.128. The molecular weight excluding hydrogens is 372 g/mol. The molecule has 0 fully saturated rings. The second-order valence-corrected chi connectivity index (χ2v) is 6.36. The zero-order valence-corrected chi connectivity index (χ0v) is 15.3. The number of hydrazone groups is 1. The second kappa shape index (κ2) is 7.97. The lowest BCUT2D eigenvalue weighted by Crippen LogP contribution is -2.24. The number of aromatic hydroxyl groups is 1. The number of phenolic OH excluding ortho intramolecular Hbond substituents is 1. The van der Waals surface area contributed by atoms with Gasteiger partial charge in [-0.05, 0) is 55.7 Å². The highest BCUT2D eigenvalue weighted by atomic mass is 79.9. The summed E-state index contributed by atoms with van der Waals surface area (Å²) in [6.45, 7) is 5.58. The van der Waals surface area contributed by atoms with Crippen LogP contribution in [0.5, 0.6) is 11.5 Å². The van der Waals surface area contributed by atoms with Crippen molar-refractivity contribution in [1.82, 2.24) is 5.43 Å². The Kier molecular flexibility index (Phi) is 5.98. The average molecular weight is 391 g/mol. The number of benzene rings is 2. The van der Waals surface area contributed by atoms with E-state index in [9.17, 15) is 9.90 Å². The monoisotopic (exact) mass is 390 g/mol. The summed E-state index contributed by atoms with van der Waals surface area (Å²) in [6, 6.07) is 9.19. The fourth-order valence-corrected chi connectivity index (χ4v) is 2.68. The minimum atomic E-state index is -0.377. The van der Waals surface area contributed by atoms with Crippen LogP contribution in [0.3, 0.4) is 0 Å². The van der Waals surface area contributed by atoms with E-state index in [1.807, 2.05) is 32.0 Å². The van der Waals surface area contributed by atoms with Crippen LogP contribution in [0.1, 0.15) is 22.3 Å². The molecule has 0 saturated carbocycles. The van der Waals surface area contributed by atoms with Crippen molar-refractivity contribution in [3.05, 3.63) is 57.1 Å². The van der Waals surface area contributed by atoms with E-state index in [2.05, 4.69) is 26.5 Å². The maximum atomic E-state index is 11.8. The molecule has 0 aliphatic heterocycles. The van der Waals surface area contributed by atoms with Gasteiger partial charge in [0.15, 0.2) is 6.61 Å². The molecule has 1 amide bonds. The molecule has 2 aromatic carbocycles. The van der Waals surface area contributed by atoms with Gasteiger partial charge in [0.25, 0.3) is 5.91 Å². The lowest BCUT2D eigenvalue weighted by atomic mass is 10.1. The van der Waals surface area contributed by atoms with Crippen LogP contribution >= 0.6 is 15.9 Å². The van der Waals surface area contributed by atoms with Crippen molar-refractivity contribution in [2.75, 3.05) is 6.61 Å². The average Bonchev–Trinajstić information content (AvgIpc) is 2.53. The van der Waals surface area contributed by atoms with Gasteiger partial charge < -0.3 is 9.84 Å². The molecule has 6 heteroatoms. The summed E-state index contributed by atoms with van der Waals surface area (Å²) < 4.78 is 6.32. The molecule has 0 aliphatic rings. The number of amides is 1. The number of phenols is 1. The molecule has 0 bridgehead atoms. The van der Waals surface area contributed by atoms with Gasteiger partial charge in [-0.1, -0.05) is 28.1 Å². The molecule has 0 unspecified atom stereocenters. The minimum Gasteiger partial charge on any atom is -0.507 e. The fraction of sp³-hybridized carbons (Fsp3) is 0.222. The molecule has 2 rings (SSSR count). The van der Waals surface area contributed by atoms with E-state index in [0.717, 1.165) is 21.2 Å². The molecule has 0 heterocycles. The molecule has 0 aliphatic carbocycles. The molecule has 2 N–H and O–H groups in total. The first kappa shape index (κ1) is 18.0. The highest BCUT2D eigenvalue weighted by molar-refractivity contribution is 9.10. The van der Waals surface area contributed by atoms with E-state index in [1.165, 1.54) is 6.21 Å². The van der Waals surface area contributed by atoms with Crippen LogP contribution in [0.15, 0.2) is 39.9 Å². The predicted molar refractivity (Wildman–Crippen MR) is 97.7 cm³/mol. The molecular formula is C18H19BrN2O3. The first-order valence-corrected chi connectivity index (χ1v) is 8.18. The third-order valence-electron chi connectivity index (χ3n) is 3.60. The Morgan fingerprint density at radius 3 is 2.79 bits per heavy atom. The van der Waals surface area contributed by atoms with Crippen molar-refractivity contribution in [3.63, 3.8) is 0 Å². The molecule has 2 aromatic rings. The van der Waals surface area contributed by atoms with Crippen LogP contribution in [0.4, 0.5) is 0 Å². The Balaban J connectivity index is 1.93. The lowest BCUT2D eigenvalue weighted by molar-refractivity contribution is -0.123. The van der Waals surface area contributed by atoms with Crippen molar-refractivity contribution < 1.29 is 14.6 Å². The van der Waals surface area contributed by atoms with E-state index in [1.54, 1.807) is 19.1 Å². The van der Waals surface area contributed by atoms with E-state index in [0.29, 0.717) is 11.3 Å². The number of aryl methyl sites for hydroxylation is 2. The van der Waals surface area contributed by atoms with Crippen molar-refractivity contribution in [3.8, 4) is 11.5 Å². The summed E-state index contributed by atoms with van der Waals surface area (Å²) in [4.78, 5) is 11.8. The number of hydrogen-bond acceptors (Lipinski definition) is 4. The smallest absolute Gasteiger partial charge is 0.277 e. The SMILES string of the molecule is Cc1cccc(OCC(=O)N/N=C\c2cc(Br)cc(C)c2O)c1C. The summed E-state index contributed by atoms with van der Waals surface area (Å²) in [5, 5.41) is 13.8. The normalized spacial score (nSPS) is 10.8. The van der Waals surface area contributed by atoms with Crippen LogP contribution in [0, 0.1) is 20.8 Å². The number of nitrogens with zero attached hydrogens (tertiary/aromatic N) is 1. The number of carbonyl (C=O) groups is 1. The quantitative estimate of drug-likeness (QED) is 0.604. The van der Waals surface area contributed by atoms with Gasteiger partial charge >= 0.3 is 0 Å². The standard InChI is InChI=1S/C18H19BrN2O3/c1-11-5-4-6-16(13(11)3)24-10-17(22)21-20-9-14-8-15(19)7-12(2)18(14)23/h4-9,23H,10H2,1-3H3,(H,21,22)/b20-9-. The van der Waals surface area contributed by atoms with Crippen LogP contribution < -0.4 is 10.2 Å². The van der Waals surface area contributed by atoms with E-state index < -0.39 is 0 Å². The molecule has 0 spiro atoms. The number of nitrogens with one attached hydrogen (secondary N) is 1. The molecule has 0 radical (unpaired) electrons. The first-order chi connectivity index (χ1) is 11.4. The van der Waals surface area contributed by atoms with Gasteiger partial charge in [0.2, 0.25) is 0 Å². The van der Waals surface area contributed by atoms with E-state index in [4.69, 9.17) is 4.74 Å². The number of ether oxygens (including phenoxy) is 1. The number of hydrogen-bond donors (Lipinski definition) is 2. The van der Waals surface area contributed by atoms with Gasteiger partial charge in [-0.3, -0.25) is 4.79 Å². The summed E-state index contributed by atoms with van der Waals surface area (Å²) in [6.07, 6.45) is 1.39. The van der Waals surface area contributed by atoms with Gasteiger partial charge in [-0.2, -0.15) is 5.10 Å². The van der Waals surface area contributed by atoms with Gasteiger partial charge in [0, 0.05) is 10.0 Å². The Bertz CT molecular complexity index is 788. The lowest BCUT2D eigenvalue weighted by Gasteiger charge is -2.09. The molecule has 126 valence electrons. The molecule has 0 atom stereocenters. The van der Waals surface area contributed by atoms with Crippen molar-refractivity contribution in [1.29, 1.82) is 0 Å². The third-order valence-corrected chi connectivity index (χ3v) is 4.06. The summed E-state index contributed by atoms with van der Waals surface area (Å²) in [5.74, 6) is 0.426. The topological polar surface area (TPSA) is 70.9 Å². The van der Waals surface area contributed by atoms with Gasteiger partial charge in [0.05, 0.1) is 6.21 Å². The van der Waals surface area contributed by atoms with Crippen LogP contribution in [0.25, 0.3) is 0 Å². The van der Waals surface area contributed by atoms with Crippen LogP contribution in [0.2, 0.25) is 0 Å². The third kappa shape index (κ3) is 4.58. The highest BCUT2D eigenvalue weighted by Crippen LogP contribution is 2.25.